The third-order valence-electron chi connectivity index (χ3n) is 4.94. The van der Waals surface area contributed by atoms with Crippen molar-refractivity contribution in [2.45, 2.75) is 23.3 Å². The summed E-state index contributed by atoms with van der Waals surface area (Å²) in [5, 5.41) is 3.06. The number of carbonyl (C=O) groups is 1. The van der Waals surface area contributed by atoms with Crippen LogP contribution in [0.1, 0.15) is 5.56 Å². The molecule has 0 aliphatic carbocycles. The number of para-hydroxylation sites is 1. The van der Waals surface area contributed by atoms with E-state index in [-0.39, 0.29) is 16.3 Å². The van der Waals surface area contributed by atoms with E-state index >= 15 is 0 Å². The second kappa shape index (κ2) is 7.96. The minimum Gasteiger partial charge on any atom is -0.337 e. The van der Waals surface area contributed by atoms with Gasteiger partial charge in [-0.25, -0.2) is 17.2 Å². The van der Waals surface area contributed by atoms with Crippen molar-refractivity contribution in [3.05, 3.63) is 90.1 Å². The first-order valence-electron chi connectivity index (χ1n) is 9.40. The van der Waals surface area contributed by atoms with Crippen LogP contribution < -0.4 is 5.32 Å². The Balaban J connectivity index is 1.69. The van der Waals surface area contributed by atoms with Crippen molar-refractivity contribution >= 4 is 32.3 Å². The van der Waals surface area contributed by atoms with E-state index in [0.717, 1.165) is 12.1 Å². The predicted molar refractivity (Wildman–Crippen MR) is 114 cm³/mol. The zero-order valence-corrected chi connectivity index (χ0v) is 17.3. The lowest BCUT2D eigenvalue weighted by Gasteiger charge is -2.08. The lowest BCUT2D eigenvalue weighted by atomic mass is 10.2. The Bertz CT molecular complexity index is 1390. The number of halogens is 2. The molecule has 158 valence electrons. The Labute approximate surface area is 177 Å². The van der Waals surface area contributed by atoms with E-state index in [2.05, 4.69) is 5.32 Å². The van der Waals surface area contributed by atoms with E-state index in [4.69, 9.17) is 0 Å². The number of hydrogen-bond donors (Lipinski definition) is 1. The average molecular weight is 440 g/mol. The maximum Gasteiger partial charge on any atom is 0.244 e. The van der Waals surface area contributed by atoms with E-state index in [1.165, 1.54) is 29.0 Å². The first kappa shape index (κ1) is 20.7. The molecule has 0 unspecified atom stereocenters. The number of sulfone groups is 1. The van der Waals surface area contributed by atoms with Gasteiger partial charge in [0.05, 0.1) is 9.79 Å². The van der Waals surface area contributed by atoms with Gasteiger partial charge < -0.3 is 9.88 Å². The molecule has 1 amide bonds. The summed E-state index contributed by atoms with van der Waals surface area (Å²) in [6, 6.07) is 15.7. The van der Waals surface area contributed by atoms with Crippen LogP contribution in [0.15, 0.2) is 82.7 Å². The molecule has 0 saturated carbocycles. The van der Waals surface area contributed by atoms with E-state index < -0.39 is 27.4 Å². The van der Waals surface area contributed by atoms with E-state index in [0.29, 0.717) is 22.2 Å². The summed E-state index contributed by atoms with van der Waals surface area (Å²) in [4.78, 5) is 12.5. The van der Waals surface area contributed by atoms with Gasteiger partial charge >= 0.3 is 0 Å². The van der Waals surface area contributed by atoms with Gasteiger partial charge in [-0.3, -0.25) is 4.79 Å². The minimum absolute atomic E-state index is 0.0175. The zero-order valence-electron chi connectivity index (χ0n) is 16.5. The molecular formula is C23H18F2N2O3S. The number of rotatable bonds is 5. The first-order chi connectivity index (χ1) is 14.8. The number of benzene rings is 3. The molecule has 1 heterocycles. The molecule has 0 saturated heterocycles. The van der Waals surface area contributed by atoms with Gasteiger partial charge in [-0.2, -0.15) is 0 Å². The summed E-state index contributed by atoms with van der Waals surface area (Å²) in [6.45, 7) is 1.45. The highest BCUT2D eigenvalue weighted by Crippen LogP contribution is 2.30. The van der Waals surface area contributed by atoms with Crippen molar-refractivity contribution in [3.8, 4) is 0 Å². The van der Waals surface area contributed by atoms with E-state index in [9.17, 15) is 22.0 Å². The van der Waals surface area contributed by atoms with Crippen LogP contribution in [-0.2, 0) is 21.2 Å². The van der Waals surface area contributed by atoms with Crippen molar-refractivity contribution in [3.63, 3.8) is 0 Å². The number of carbonyl (C=O) groups excluding carboxylic acids is 1. The number of fused-ring (bicyclic) bond motifs is 1. The molecule has 0 spiro atoms. The highest BCUT2D eigenvalue weighted by atomic mass is 32.2. The van der Waals surface area contributed by atoms with Gasteiger partial charge in [0.15, 0.2) is 0 Å². The topological polar surface area (TPSA) is 68.2 Å². The highest BCUT2D eigenvalue weighted by molar-refractivity contribution is 7.91. The molecule has 1 aromatic heterocycles. The van der Waals surface area contributed by atoms with Crippen LogP contribution in [0, 0.1) is 18.6 Å². The Morgan fingerprint density at radius 2 is 1.71 bits per heavy atom. The van der Waals surface area contributed by atoms with Crippen LogP contribution in [0.5, 0.6) is 0 Å². The first-order valence-corrected chi connectivity index (χ1v) is 10.9. The van der Waals surface area contributed by atoms with Crippen LogP contribution in [0.3, 0.4) is 0 Å². The molecule has 0 bridgehead atoms. The van der Waals surface area contributed by atoms with E-state index in [1.54, 1.807) is 43.3 Å². The Morgan fingerprint density at radius 1 is 1.00 bits per heavy atom. The summed E-state index contributed by atoms with van der Waals surface area (Å²) < 4.78 is 54.8. The van der Waals surface area contributed by atoms with Crippen molar-refractivity contribution in [2.24, 2.45) is 0 Å². The molecule has 3 aromatic carbocycles. The minimum atomic E-state index is -3.94. The number of aryl methyl sites for hydroxylation is 1. The van der Waals surface area contributed by atoms with Crippen molar-refractivity contribution in [1.29, 1.82) is 0 Å². The molecule has 0 aliphatic heterocycles. The summed E-state index contributed by atoms with van der Waals surface area (Å²) in [6.07, 6.45) is 1.39. The molecule has 0 radical (unpaired) electrons. The number of aromatic nitrogens is 1. The van der Waals surface area contributed by atoms with Crippen LogP contribution in [0.4, 0.5) is 14.5 Å². The number of anilines is 1. The lowest BCUT2D eigenvalue weighted by Crippen LogP contribution is -2.18. The smallest absolute Gasteiger partial charge is 0.244 e. The van der Waals surface area contributed by atoms with Gasteiger partial charge in [0, 0.05) is 22.8 Å². The average Bonchev–Trinajstić information content (AvgIpc) is 3.10. The summed E-state index contributed by atoms with van der Waals surface area (Å²) >= 11 is 0. The molecule has 5 nitrogen and oxygen atoms in total. The van der Waals surface area contributed by atoms with Crippen molar-refractivity contribution in [2.75, 3.05) is 5.32 Å². The predicted octanol–water partition coefficient (Wildman–Crippen LogP) is 4.70. The Hall–Kier alpha value is -3.52. The fraction of sp³-hybridized carbons (Fsp3) is 0.0870. The molecule has 4 rings (SSSR count). The Kier molecular flexibility index (Phi) is 5.32. The van der Waals surface area contributed by atoms with Gasteiger partial charge in [0.1, 0.15) is 18.2 Å². The van der Waals surface area contributed by atoms with Crippen LogP contribution in [0.2, 0.25) is 0 Å². The number of nitrogens with one attached hydrogen (secondary N) is 1. The van der Waals surface area contributed by atoms with Crippen molar-refractivity contribution < 1.29 is 22.0 Å². The fourth-order valence-corrected chi connectivity index (χ4v) is 4.80. The maximum atomic E-state index is 13.7. The third-order valence-corrected chi connectivity index (χ3v) is 6.73. The monoisotopic (exact) mass is 440 g/mol. The maximum absolute atomic E-state index is 13.7. The van der Waals surface area contributed by atoms with Gasteiger partial charge in [0.25, 0.3) is 0 Å². The van der Waals surface area contributed by atoms with Crippen LogP contribution >= 0.6 is 0 Å². The van der Waals surface area contributed by atoms with Crippen molar-refractivity contribution in [1.82, 2.24) is 4.57 Å². The zero-order chi connectivity index (χ0) is 22.2. The molecule has 0 fully saturated rings. The molecule has 4 aromatic rings. The normalized spacial score (nSPS) is 11.6. The second-order valence-electron chi connectivity index (χ2n) is 7.11. The van der Waals surface area contributed by atoms with Gasteiger partial charge in [-0.1, -0.05) is 24.3 Å². The molecule has 0 atom stereocenters. The number of amides is 1. The van der Waals surface area contributed by atoms with Gasteiger partial charge in [-0.15, -0.1) is 0 Å². The Morgan fingerprint density at radius 3 is 2.42 bits per heavy atom. The highest BCUT2D eigenvalue weighted by Gasteiger charge is 2.24. The lowest BCUT2D eigenvalue weighted by molar-refractivity contribution is -0.116. The molecular weight excluding hydrogens is 422 g/mol. The molecule has 1 N–H and O–H groups in total. The quantitative estimate of drug-likeness (QED) is 0.458. The molecule has 0 aliphatic rings. The number of hydrogen-bond acceptors (Lipinski definition) is 3. The summed E-state index contributed by atoms with van der Waals surface area (Å²) in [7, 11) is -3.94. The molecule has 8 heteroatoms. The largest absolute Gasteiger partial charge is 0.337 e. The second-order valence-corrected chi connectivity index (χ2v) is 9.03. The van der Waals surface area contributed by atoms with Gasteiger partial charge in [0.2, 0.25) is 15.7 Å². The third kappa shape index (κ3) is 4.06. The number of nitrogens with zero attached hydrogens (tertiary/aromatic N) is 1. The standard InChI is InChI=1S/C23H18F2N2O3S/c1-15-6-9-17(12-20(15)25)26-23(28)14-27-13-22(19-4-2-3-5-21(19)27)31(29,30)18-10-7-16(24)8-11-18/h2-13H,14H2,1H3,(H,26,28). The SMILES string of the molecule is Cc1ccc(NC(=O)Cn2cc(S(=O)(=O)c3ccc(F)cc3)c3ccccc32)cc1F. The molecule has 31 heavy (non-hydrogen) atoms. The summed E-state index contributed by atoms with van der Waals surface area (Å²) in [5.41, 5.74) is 1.32. The van der Waals surface area contributed by atoms with Crippen LogP contribution in [-0.4, -0.2) is 18.9 Å². The van der Waals surface area contributed by atoms with Crippen LogP contribution in [0.25, 0.3) is 10.9 Å². The summed E-state index contributed by atoms with van der Waals surface area (Å²) in [5.74, 6) is -1.41. The van der Waals surface area contributed by atoms with Gasteiger partial charge in [-0.05, 0) is 55.0 Å². The van der Waals surface area contributed by atoms with E-state index in [1.807, 2.05) is 0 Å². The fourth-order valence-electron chi connectivity index (χ4n) is 3.32.